The molecule has 2 aromatic carbocycles. The zero-order chi connectivity index (χ0) is 14.5. The molecular weight excluding hydrogens is 359 g/mol. The number of rotatable bonds is 5. The highest BCUT2D eigenvalue weighted by molar-refractivity contribution is 14.1. The van der Waals surface area contributed by atoms with Crippen molar-refractivity contribution in [2.45, 2.75) is 19.9 Å². The molecule has 0 aliphatic rings. The molecule has 0 radical (unpaired) electrons. The molecule has 1 N–H and O–H groups in total. The molecule has 0 heterocycles. The summed E-state index contributed by atoms with van der Waals surface area (Å²) >= 11 is 2.36. The Kier molecular flexibility index (Phi) is 5.43. The smallest absolute Gasteiger partial charge is 0.0430 e. The predicted octanol–water partition coefficient (Wildman–Crippen LogP) is 4.66. The summed E-state index contributed by atoms with van der Waals surface area (Å²) in [6.07, 6.45) is 1.04. The normalized spacial score (nSPS) is 10.8. The monoisotopic (exact) mass is 380 g/mol. The van der Waals surface area contributed by atoms with Gasteiger partial charge in [-0.25, -0.2) is 0 Å². The van der Waals surface area contributed by atoms with E-state index in [9.17, 15) is 0 Å². The van der Waals surface area contributed by atoms with E-state index in [2.05, 4.69) is 96.3 Å². The largest absolute Gasteiger partial charge is 0.355 e. The van der Waals surface area contributed by atoms with Crippen LogP contribution in [-0.2, 0) is 13.0 Å². The topological polar surface area (TPSA) is 15.3 Å². The second kappa shape index (κ2) is 7.09. The van der Waals surface area contributed by atoms with Crippen LogP contribution in [-0.4, -0.2) is 19.0 Å². The number of anilines is 2. The highest BCUT2D eigenvalue weighted by Crippen LogP contribution is 2.26. The molecule has 2 nitrogen and oxygen atoms in total. The fourth-order valence-corrected chi connectivity index (χ4v) is 2.80. The van der Waals surface area contributed by atoms with Crippen molar-refractivity contribution in [1.82, 2.24) is 4.90 Å². The third-order valence-electron chi connectivity index (χ3n) is 3.22. The summed E-state index contributed by atoms with van der Waals surface area (Å²) in [6.45, 7) is 3.14. The second-order valence-corrected chi connectivity index (χ2v) is 6.42. The summed E-state index contributed by atoms with van der Waals surface area (Å²) in [4.78, 5) is 2.19. The Hall–Kier alpha value is -1.07. The molecular formula is C17H21IN2. The maximum atomic E-state index is 3.59. The molecule has 0 amide bonds. The number of halogens is 1. The summed E-state index contributed by atoms with van der Waals surface area (Å²) in [5.74, 6) is 0. The van der Waals surface area contributed by atoms with Crippen LogP contribution in [0.1, 0.15) is 18.1 Å². The van der Waals surface area contributed by atoms with Gasteiger partial charge in [-0.15, -0.1) is 0 Å². The quantitative estimate of drug-likeness (QED) is 0.760. The Morgan fingerprint density at radius 1 is 1.00 bits per heavy atom. The minimum Gasteiger partial charge on any atom is -0.355 e. The molecule has 3 heteroatoms. The van der Waals surface area contributed by atoms with E-state index in [1.54, 1.807) is 0 Å². The zero-order valence-corrected chi connectivity index (χ0v) is 14.4. The lowest BCUT2D eigenvalue weighted by Gasteiger charge is -2.17. The van der Waals surface area contributed by atoms with Gasteiger partial charge in [-0.05, 0) is 78.5 Å². The van der Waals surface area contributed by atoms with E-state index in [-0.39, 0.29) is 0 Å². The Bertz CT molecular complexity index is 579. The number of hydrogen-bond acceptors (Lipinski definition) is 2. The highest BCUT2D eigenvalue weighted by atomic mass is 127. The molecule has 2 aromatic rings. The van der Waals surface area contributed by atoms with Crippen molar-refractivity contribution in [1.29, 1.82) is 0 Å². The van der Waals surface area contributed by atoms with Gasteiger partial charge in [0.05, 0.1) is 0 Å². The van der Waals surface area contributed by atoms with E-state index in [4.69, 9.17) is 0 Å². The van der Waals surface area contributed by atoms with Gasteiger partial charge in [0.1, 0.15) is 0 Å². The Balaban J connectivity index is 2.30. The highest BCUT2D eigenvalue weighted by Gasteiger charge is 2.06. The molecule has 2 rings (SSSR count). The van der Waals surface area contributed by atoms with Gasteiger partial charge in [0.2, 0.25) is 0 Å². The summed E-state index contributed by atoms with van der Waals surface area (Å²) in [7, 11) is 4.19. The van der Waals surface area contributed by atoms with Crippen LogP contribution in [0.2, 0.25) is 0 Å². The summed E-state index contributed by atoms with van der Waals surface area (Å²) in [5.41, 5.74) is 5.07. The van der Waals surface area contributed by atoms with Crippen LogP contribution >= 0.6 is 22.6 Å². The van der Waals surface area contributed by atoms with Gasteiger partial charge < -0.3 is 10.2 Å². The number of nitrogens with zero attached hydrogens (tertiary/aromatic N) is 1. The molecule has 0 spiro atoms. The van der Waals surface area contributed by atoms with E-state index in [0.29, 0.717) is 0 Å². The van der Waals surface area contributed by atoms with E-state index in [1.807, 2.05) is 0 Å². The number of para-hydroxylation sites is 1. The molecule has 20 heavy (non-hydrogen) atoms. The van der Waals surface area contributed by atoms with Gasteiger partial charge in [0.15, 0.2) is 0 Å². The first kappa shape index (κ1) is 15.3. The zero-order valence-electron chi connectivity index (χ0n) is 12.3. The van der Waals surface area contributed by atoms with Gasteiger partial charge in [-0.3, -0.25) is 0 Å². The molecule has 0 aliphatic heterocycles. The first-order valence-corrected chi connectivity index (χ1v) is 7.96. The molecule has 0 aromatic heterocycles. The standard InChI is InChI=1S/C17H21IN2/c1-4-13-11-15(18)9-10-17(13)19-16-8-6-5-7-14(16)12-20(2)3/h5-11,19H,4,12H2,1-3H3. The summed E-state index contributed by atoms with van der Waals surface area (Å²) in [6, 6.07) is 15.1. The van der Waals surface area contributed by atoms with Crippen LogP contribution in [0, 0.1) is 3.57 Å². The first-order chi connectivity index (χ1) is 9.60. The number of hydrogen-bond donors (Lipinski definition) is 1. The number of nitrogens with one attached hydrogen (secondary N) is 1. The van der Waals surface area contributed by atoms with Crippen molar-refractivity contribution in [2.75, 3.05) is 19.4 Å². The van der Waals surface area contributed by atoms with E-state index in [0.717, 1.165) is 13.0 Å². The molecule has 0 fully saturated rings. The minimum absolute atomic E-state index is 0.939. The molecule has 0 aliphatic carbocycles. The van der Waals surface area contributed by atoms with E-state index >= 15 is 0 Å². The Labute approximate surface area is 135 Å². The maximum Gasteiger partial charge on any atom is 0.0430 e. The first-order valence-electron chi connectivity index (χ1n) is 6.88. The van der Waals surface area contributed by atoms with Crippen molar-refractivity contribution >= 4 is 34.0 Å². The van der Waals surface area contributed by atoms with Crippen molar-refractivity contribution in [3.05, 3.63) is 57.2 Å². The van der Waals surface area contributed by atoms with Crippen LogP contribution in [0.5, 0.6) is 0 Å². The van der Waals surface area contributed by atoms with Crippen molar-refractivity contribution in [3.8, 4) is 0 Å². The van der Waals surface area contributed by atoms with Gasteiger partial charge in [0, 0.05) is 21.5 Å². The molecule has 106 valence electrons. The fourth-order valence-electron chi connectivity index (χ4n) is 2.24. The molecule has 0 bridgehead atoms. The van der Waals surface area contributed by atoms with Crippen LogP contribution in [0.3, 0.4) is 0 Å². The van der Waals surface area contributed by atoms with Crippen molar-refractivity contribution < 1.29 is 0 Å². The molecule has 0 saturated heterocycles. The van der Waals surface area contributed by atoms with Crippen LogP contribution in [0.4, 0.5) is 11.4 Å². The second-order valence-electron chi connectivity index (χ2n) is 5.17. The fraction of sp³-hybridized carbons (Fsp3) is 0.294. The summed E-state index contributed by atoms with van der Waals surface area (Å²) < 4.78 is 1.28. The van der Waals surface area contributed by atoms with E-state index in [1.165, 1.54) is 26.1 Å². The predicted molar refractivity (Wildman–Crippen MR) is 95.7 cm³/mol. The van der Waals surface area contributed by atoms with Crippen LogP contribution < -0.4 is 5.32 Å². The lowest BCUT2D eigenvalue weighted by atomic mass is 10.1. The summed E-state index contributed by atoms with van der Waals surface area (Å²) in [5, 5.41) is 3.59. The Morgan fingerprint density at radius 3 is 2.40 bits per heavy atom. The average molecular weight is 380 g/mol. The Morgan fingerprint density at radius 2 is 1.70 bits per heavy atom. The molecule has 0 unspecified atom stereocenters. The third-order valence-corrected chi connectivity index (χ3v) is 3.89. The number of benzene rings is 2. The van der Waals surface area contributed by atoms with Gasteiger partial charge >= 0.3 is 0 Å². The number of aryl methyl sites for hydroxylation is 1. The van der Waals surface area contributed by atoms with Crippen LogP contribution in [0.15, 0.2) is 42.5 Å². The van der Waals surface area contributed by atoms with Crippen molar-refractivity contribution in [3.63, 3.8) is 0 Å². The lowest BCUT2D eigenvalue weighted by Crippen LogP contribution is -2.12. The van der Waals surface area contributed by atoms with Gasteiger partial charge in [-0.1, -0.05) is 25.1 Å². The van der Waals surface area contributed by atoms with Crippen LogP contribution in [0.25, 0.3) is 0 Å². The molecule has 0 atom stereocenters. The molecule has 0 saturated carbocycles. The third kappa shape index (κ3) is 3.96. The van der Waals surface area contributed by atoms with Gasteiger partial charge in [-0.2, -0.15) is 0 Å². The van der Waals surface area contributed by atoms with Crippen molar-refractivity contribution in [2.24, 2.45) is 0 Å². The SMILES string of the molecule is CCc1cc(I)ccc1Nc1ccccc1CN(C)C. The van der Waals surface area contributed by atoms with E-state index < -0.39 is 0 Å². The lowest BCUT2D eigenvalue weighted by molar-refractivity contribution is 0.403. The average Bonchev–Trinajstić information content (AvgIpc) is 2.42. The minimum atomic E-state index is 0.939. The van der Waals surface area contributed by atoms with Gasteiger partial charge in [0.25, 0.3) is 0 Å². The maximum absolute atomic E-state index is 3.59.